The van der Waals surface area contributed by atoms with E-state index in [4.69, 9.17) is 4.74 Å². The fraction of sp³-hybridized carbons (Fsp3) is 0.105. The van der Waals surface area contributed by atoms with Crippen molar-refractivity contribution < 1.29 is 19.7 Å². The Kier molecular flexibility index (Phi) is 4.00. The van der Waals surface area contributed by atoms with Gasteiger partial charge >= 0.3 is 5.97 Å². The molecule has 0 radical (unpaired) electrons. The van der Waals surface area contributed by atoms with Crippen molar-refractivity contribution in [2.45, 2.75) is 6.61 Å². The van der Waals surface area contributed by atoms with Gasteiger partial charge in [0.05, 0.1) is 19.3 Å². The van der Waals surface area contributed by atoms with Gasteiger partial charge in [0, 0.05) is 10.9 Å². The lowest BCUT2D eigenvalue weighted by molar-refractivity contribution is 0.0697. The maximum Gasteiger partial charge on any atom is 0.336 e. The van der Waals surface area contributed by atoms with Gasteiger partial charge in [-0.2, -0.15) is 0 Å². The summed E-state index contributed by atoms with van der Waals surface area (Å²) in [5.41, 5.74) is 2.15. The number of aliphatic hydroxyl groups excluding tert-OH is 1. The van der Waals surface area contributed by atoms with E-state index >= 15 is 0 Å². The lowest BCUT2D eigenvalue weighted by atomic mass is 9.90. The van der Waals surface area contributed by atoms with E-state index in [1.807, 2.05) is 42.5 Å². The number of fused-ring (bicyclic) bond motifs is 1. The van der Waals surface area contributed by atoms with E-state index in [9.17, 15) is 15.0 Å². The van der Waals surface area contributed by atoms with Gasteiger partial charge in [-0.15, -0.1) is 0 Å². The van der Waals surface area contributed by atoms with E-state index in [-0.39, 0.29) is 12.2 Å². The molecule has 0 aliphatic carbocycles. The molecule has 0 spiro atoms. The SMILES string of the molecule is COc1cc(C(=O)O)c(-c2ccccc2CO)c2ccccc12. The third-order valence-electron chi connectivity index (χ3n) is 3.91. The van der Waals surface area contributed by atoms with Crippen molar-refractivity contribution >= 4 is 16.7 Å². The molecule has 0 atom stereocenters. The lowest BCUT2D eigenvalue weighted by Gasteiger charge is -2.16. The van der Waals surface area contributed by atoms with Crippen LogP contribution in [-0.4, -0.2) is 23.3 Å². The highest BCUT2D eigenvalue weighted by molar-refractivity contribution is 6.10. The van der Waals surface area contributed by atoms with Crippen LogP contribution in [0.25, 0.3) is 21.9 Å². The summed E-state index contributed by atoms with van der Waals surface area (Å²) in [4.78, 5) is 11.8. The predicted molar refractivity (Wildman–Crippen MR) is 88.8 cm³/mol. The van der Waals surface area contributed by atoms with Crippen LogP contribution in [0.1, 0.15) is 15.9 Å². The molecule has 0 aliphatic heterocycles. The number of methoxy groups -OCH3 is 1. The molecule has 2 N–H and O–H groups in total. The van der Waals surface area contributed by atoms with Gasteiger partial charge in [-0.25, -0.2) is 4.79 Å². The van der Waals surface area contributed by atoms with Crippen molar-refractivity contribution in [3.05, 3.63) is 65.7 Å². The Hall–Kier alpha value is -2.85. The number of ether oxygens (including phenoxy) is 1. The molecule has 0 fully saturated rings. The molecule has 4 nitrogen and oxygen atoms in total. The Morgan fingerprint density at radius 1 is 1.04 bits per heavy atom. The zero-order valence-corrected chi connectivity index (χ0v) is 12.6. The highest BCUT2D eigenvalue weighted by atomic mass is 16.5. The number of benzene rings is 3. The molecule has 0 heterocycles. The summed E-state index contributed by atoms with van der Waals surface area (Å²) in [6.45, 7) is -0.157. The number of rotatable bonds is 4. The maximum absolute atomic E-state index is 11.8. The fourth-order valence-electron chi connectivity index (χ4n) is 2.87. The molecule has 0 aromatic heterocycles. The monoisotopic (exact) mass is 308 g/mol. The van der Waals surface area contributed by atoms with Gasteiger partial charge < -0.3 is 14.9 Å². The molecule has 0 bridgehead atoms. The number of carbonyl (C=O) groups is 1. The number of hydrogen-bond donors (Lipinski definition) is 2. The second-order valence-electron chi connectivity index (χ2n) is 5.17. The predicted octanol–water partition coefficient (Wildman–Crippen LogP) is 3.71. The van der Waals surface area contributed by atoms with Crippen molar-refractivity contribution in [2.75, 3.05) is 7.11 Å². The zero-order valence-electron chi connectivity index (χ0n) is 12.6. The van der Waals surface area contributed by atoms with E-state index in [1.54, 1.807) is 6.07 Å². The standard InChI is InChI=1S/C19H16O4/c1-23-17-10-16(19(21)22)18(15-9-5-4-8-14(15)17)13-7-3-2-6-12(13)11-20/h2-10,20H,11H2,1H3,(H,21,22). The zero-order chi connectivity index (χ0) is 16.4. The van der Waals surface area contributed by atoms with Gasteiger partial charge in [0.2, 0.25) is 0 Å². The fourth-order valence-corrected chi connectivity index (χ4v) is 2.87. The molecule has 3 rings (SSSR count). The summed E-state index contributed by atoms with van der Waals surface area (Å²) in [6, 6.07) is 16.3. The van der Waals surface area contributed by atoms with Crippen molar-refractivity contribution in [3.8, 4) is 16.9 Å². The number of aliphatic hydroxyl groups is 1. The highest BCUT2D eigenvalue weighted by Crippen LogP contribution is 2.39. The summed E-state index contributed by atoms with van der Waals surface area (Å²) in [6.07, 6.45) is 0. The average molecular weight is 308 g/mol. The van der Waals surface area contributed by atoms with Crippen LogP contribution in [0.5, 0.6) is 5.75 Å². The Labute approximate surface area is 133 Å². The number of hydrogen-bond acceptors (Lipinski definition) is 3. The average Bonchev–Trinajstić information content (AvgIpc) is 2.60. The minimum absolute atomic E-state index is 0.154. The molecule has 0 unspecified atom stereocenters. The normalized spacial score (nSPS) is 10.7. The second kappa shape index (κ2) is 6.10. The van der Waals surface area contributed by atoms with E-state index in [2.05, 4.69) is 0 Å². The number of carboxylic acids is 1. The lowest BCUT2D eigenvalue weighted by Crippen LogP contribution is -2.03. The van der Waals surface area contributed by atoms with Crippen LogP contribution in [0.15, 0.2) is 54.6 Å². The van der Waals surface area contributed by atoms with Crippen molar-refractivity contribution in [1.29, 1.82) is 0 Å². The first-order chi connectivity index (χ1) is 11.2. The van der Waals surface area contributed by atoms with Gasteiger partial charge in [-0.05, 0) is 22.6 Å². The van der Waals surface area contributed by atoms with Crippen LogP contribution >= 0.6 is 0 Å². The smallest absolute Gasteiger partial charge is 0.336 e. The summed E-state index contributed by atoms with van der Waals surface area (Å²) >= 11 is 0. The quantitative estimate of drug-likeness (QED) is 0.771. The summed E-state index contributed by atoms with van der Waals surface area (Å²) in [5, 5.41) is 20.9. The van der Waals surface area contributed by atoms with Crippen LogP contribution in [0, 0.1) is 0 Å². The van der Waals surface area contributed by atoms with Gasteiger partial charge in [-0.3, -0.25) is 0 Å². The number of carboxylic acid groups (broad SMARTS) is 1. The van der Waals surface area contributed by atoms with Crippen molar-refractivity contribution in [3.63, 3.8) is 0 Å². The van der Waals surface area contributed by atoms with Crippen molar-refractivity contribution in [1.82, 2.24) is 0 Å². The first-order valence-corrected chi connectivity index (χ1v) is 7.19. The Morgan fingerprint density at radius 2 is 1.70 bits per heavy atom. The molecule has 0 aliphatic rings. The topological polar surface area (TPSA) is 66.8 Å². The molecule has 3 aromatic carbocycles. The van der Waals surface area contributed by atoms with Gasteiger partial charge in [0.15, 0.2) is 0 Å². The summed E-state index contributed by atoms with van der Waals surface area (Å²) in [7, 11) is 1.52. The van der Waals surface area contributed by atoms with Crippen LogP contribution in [0.4, 0.5) is 0 Å². The van der Waals surface area contributed by atoms with Crippen LogP contribution in [0.2, 0.25) is 0 Å². The van der Waals surface area contributed by atoms with E-state index in [0.717, 1.165) is 10.8 Å². The molecular formula is C19H16O4. The third-order valence-corrected chi connectivity index (χ3v) is 3.91. The first-order valence-electron chi connectivity index (χ1n) is 7.19. The minimum atomic E-state index is -1.03. The summed E-state index contributed by atoms with van der Waals surface area (Å²) < 4.78 is 5.35. The molecule has 3 aromatic rings. The van der Waals surface area contributed by atoms with Gasteiger partial charge in [0.1, 0.15) is 5.75 Å². The molecule has 0 saturated carbocycles. The molecule has 0 saturated heterocycles. The van der Waals surface area contributed by atoms with Gasteiger partial charge in [0.25, 0.3) is 0 Å². The van der Waals surface area contributed by atoms with E-state index < -0.39 is 5.97 Å². The largest absolute Gasteiger partial charge is 0.496 e. The second-order valence-corrected chi connectivity index (χ2v) is 5.17. The Morgan fingerprint density at radius 3 is 2.35 bits per heavy atom. The molecular weight excluding hydrogens is 292 g/mol. The molecule has 116 valence electrons. The molecule has 0 amide bonds. The van der Waals surface area contributed by atoms with Gasteiger partial charge in [-0.1, -0.05) is 48.5 Å². The van der Waals surface area contributed by atoms with E-state index in [1.165, 1.54) is 13.2 Å². The third kappa shape index (κ3) is 2.53. The first kappa shape index (κ1) is 15.1. The van der Waals surface area contributed by atoms with Crippen LogP contribution in [0.3, 0.4) is 0 Å². The number of aromatic carboxylic acids is 1. The van der Waals surface area contributed by atoms with Crippen LogP contribution < -0.4 is 4.74 Å². The minimum Gasteiger partial charge on any atom is -0.496 e. The van der Waals surface area contributed by atoms with Crippen molar-refractivity contribution in [2.24, 2.45) is 0 Å². The molecule has 23 heavy (non-hydrogen) atoms. The van der Waals surface area contributed by atoms with Crippen LogP contribution in [-0.2, 0) is 6.61 Å². The maximum atomic E-state index is 11.8. The highest BCUT2D eigenvalue weighted by Gasteiger charge is 2.20. The Balaban J connectivity index is 2.48. The molecule has 4 heteroatoms. The Bertz CT molecular complexity index is 884. The van der Waals surface area contributed by atoms with E-state index in [0.29, 0.717) is 22.4 Å². The summed E-state index contributed by atoms with van der Waals surface area (Å²) in [5.74, 6) is -0.514.